The maximum atomic E-state index is 11.5. The molecule has 0 rings (SSSR count). The Balaban J connectivity index is 4.39. The lowest BCUT2D eigenvalue weighted by molar-refractivity contribution is -0.165. The van der Waals surface area contributed by atoms with Crippen molar-refractivity contribution in [1.29, 1.82) is 0 Å². The molecule has 0 bridgehead atoms. The molecule has 0 atom stereocenters. The number of nitrogens with one attached hydrogen (secondary N) is 1. The van der Waals surface area contributed by atoms with Gasteiger partial charge in [-0.15, -0.1) is 0 Å². The van der Waals surface area contributed by atoms with Crippen LogP contribution in [0.15, 0.2) is 11.2 Å². The van der Waals surface area contributed by atoms with Gasteiger partial charge in [-0.25, -0.2) is 0 Å². The van der Waals surface area contributed by atoms with Crippen LogP contribution in [0.4, 0.5) is 13.2 Å². The van der Waals surface area contributed by atoms with Crippen LogP contribution < -0.4 is 5.32 Å². The van der Waals surface area contributed by atoms with Gasteiger partial charge in [0.25, 0.3) is 5.78 Å². The highest BCUT2D eigenvalue weighted by molar-refractivity contribution is 6.43. The summed E-state index contributed by atoms with van der Waals surface area (Å²) in [6, 6.07) is 0. The van der Waals surface area contributed by atoms with Crippen LogP contribution in [0.25, 0.3) is 0 Å². The molecule has 0 aliphatic heterocycles. The van der Waals surface area contributed by atoms with Crippen LogP contribution in [0.3, 0.4) is 0 Å². The zero-order valence-corrected chi connectivity index (χ0v) is 6.25. The predicted molar refractivity (Wildman–Crippen MR) is 34.1 cm³/mol. The van der Waals surface area contributed by atoms with Gasteiger partial charge < -0.3 is 5.32 Å². The molecule has 11 heavy (non-hydrogen) atoms. The molecular weight excluding hydrogens is 183 g/mol. The monoisotopic (exact) mass is 187 g/mol. The number of Topliss-reactive ketones (excluding diaryl/α,β-unsaturated/α-hetero) is 1. The minimum atomic E-state index is -4.90. The number of rotatable bonds is 2. The molecule has 1 N–H and O–H groups in total. The Hall–Kier alpha value is -0.710. The third-order valence-electron chi connectivity index (χ3n) is 0.745. The Kier molecular flexibility index (Phi) is 3.38. The van der Waals surface area contributed by atoms with Gasteiger partial charge in [-0.3, -0.25) is 4.79 Å². The van der Waals surface area contributed by atoms with Gasteiger partial charge in [0, 0.05) is 13.2 Å². The number of alkyl halides is 3. The summed E-state index contributed by atoms with van der Waals surface area (Å²) < 4.78 is 34.6. The van der Waals surface area contributed by atoms with E-state index in [2.05, 4.69) is 5.32 Å². The topological polar surface area (TPSA) is 29.1 Å². The van der Waals surface area contributed by atoms with E-state index in [1.165, 1.54) is 7.05 Å². The van der Waals surface area contributed by atoms with Gasteiger partial charge in [0.2, 0.25) is 0 Å². The number of carbonyl (C=O) groups excluding carboxylic acids is 1. The number of allylic oxidation sites excluding steroid dienone is 1. The molecule has 64 valence electrons. The summed E-state index contributed by atoms with van der Waals surface area (Å²) in [7, 11) is 1.34. The van der Waals surface area contributed by atoms with E-state index in [1.54, 1.807) is 0 Å². The van der Waals surface area contributed by atoms with Crippen molar-refractivity contribution >= 4 is 17.4 Å². The van der Waals surface area contributed by atoms with Crippen molar-refractivity contribution in [3.8, 4) is 0 Å². The van der Waals surface area contributed by atoms with Crippen LogP contribution in [-0.2, 0) is 4.79 Å². The van der Waals surface area contributed by atoms with Crippen LogP contribution in [0.5, 0.6) is 0 Å². The summed E-state index contributed by atoms with van der Waals surface area (Å²) in [5, 5.41) is 1.33. The standard InChI is InChI=1S/C5H5ClF3NO/c1-10-2-3(6)4(11)5(7,8)9/h2,10H,1H3. The lowest BCUT2D eigenvalue weighted by Gasteiger charge is -2.02. The fourth-order valence-corrected chi connectivity index (χ4v) is 0.544. The molecule has 0 saturated heterocycles. The second kappa shape index (κ2) is 3.61. The quantitative estimate of drug-likeness (QED) is 0.663. The minimum Gasteiger partial charge on any atom is -0.393 e. The van der Waals surface area contributed by atoms with Crippen molar-refractivity contribution in [2.75, 3.05) is 7.05 Å². The highest BCUT2D eigenvalue weighted by Crippen LogP contribution is 2.21. The normalized spacial score (nSPS) is 13.0. The molecule has 0 aromatic heterocycles. The molecule has 0 fully saturated rings. The van der Waals surface area contributed by atoms with Crippen LogP contribution in [0, 0.1) is 0 Å². The Morgan fingerprint density at radius 3 is 2.27 bits per heavy atom. The first kappa shape index (κ1) is 10.3. The second-order valence-electron chi connectivity index (χ2n) is 1.61. The fraction of sp³-hybridized carbons (Fsp3) is 0.400. The van der Waals surface area contributed by atoms with Gasteiger partial charge in [0.1, 0.15) is 5.03 Å². The molecule has 0 aromatic carbocycles. The van der Waals surface area contributed by atoms with Crippen molar-refractivity contribution in [3.05, 3.63) is 11.2 Å². The Morgan fingerprint density at radius 1 is 1.55 bits per heavy atom. The lowest BCUT2D eigenvalue weighted by atomic mass is 10.4. The Bertz CT molecular complexity index is 187. The van der Waals surface area contributed by atoms with Crippen molar-refractivity contribution in [1.82, 2.24) is 5.32 Å². The maximum Gasteiger partial charge on any atom is 0.455 e. The van der Waals surface area contributed by atoms with Gasteiger partial charge in [0.15, 0.2) is 0 Å². The molecule has 0 saturated carbocycles. The van der Waals surface area contributed by atoms with E-state index in [9.17, 15) is 18.0 Å². The molecule has 0 radical (unpaired) electrons. The molecule has 0 aliphatic rings. The van der Waals surface area contributed by atoms with Crippen molar-refractivity contribution in [2.45, 2.75) is 6.18 Å². The largest absolute Gasteiger partial charge is 0.455 e. The van der Waals surface area contributed by atoms with Crippen molar-refractivity contribution in [3.63, 3.8) is 0 Å². The van der Waals surface area contributed by atoms with E-state index in [4.69, 9.17) is 11.6 Å². The van der Waals surface area contributed by atoms with E-state index in [0.29, 0.717) is 0 Å². The first-order valence-electron chi connectivity index (χ1n) is 2.54. The summed E-state index contributed by atoms with van der Waals surface area (Å²) in [6.45, 7) is 0. The van der Waals surface area contributed by atoms with Crippen molar-refractivity contribution < 1.29 is 18.0 Å². The smallest absolute Gasteiger partial charge is 0.393 e. The van der Waals surface area contributed by atoms with Crippen LogP contribution in [0.1, 0.15) is 0 Å². The van der Waals surface area contributed by atoms with Gasteiger partial charge in [-0.05, 0) is 0 Å². The summed E-state index contributed by atoms with van der Waals surface area (Å²) in [5.74, 6) is -2.05. The van der Waals surface area contributed by atoms with E-state index in [-0.39, 0.29) is 0 Å². The van der Waals surface area contributed by atoms with Gasteiger partial charge in [0.05, 0.1) is 0 Å². The molecule has 0 aliphatic carbocycles. The highest BCUT2D eigenvalue weighted by atomic mass is 35.5. The second-order valence-corrected chi connectivity index (χ2v) is 2.02. The van der Waals surface area contributed by atoms with Gasteiger partial charge >= 0.3 is 6.18 Å². The van der Waals surface area contributed by atoms with Crippen LogP contribution in [0.2, 0.25) is 0 Å². The zero-order valence-electron chi connectivity index (χ0n) is 5.50. The van der Waals surface area contributed by atoms with Crippen molar-refractivity contribution in [2.24, 2.45) is 0 Å². The zero-order chi connectivity index (χ0) is 9.07. The van der Waals surface area contributed by atoms with E-state index >= 15 is 0 Å². The Labute approximate surface area is 66.0 Å². The van der Waals surface area contributed by atoms with Gasteiger partial charge in [-0.2, -0.15) is 13.2 Å². The molecule has 0 spiro atoms. The fourth-order valence-electron chi connectivity index (χ4n) is 0.328. The summed E-state index contributed by atoms with van der Waals surface area (Å²) >= 11 is 4.95. The lowest BCUT2D eigenvalue weighted by Crippen LogP contribution is -2.23. The molecule has 0 amide bonds. The highest BCUT2D eigenvalue weighted by Gasteiger charge is 2.40. The molecular formula is C5H5ClF3NO. The number of carbonyl (C=O) groups is 1. The molecule has 2 nitrogen and oxygen atoms in total. The number of halogens is 4. The maximum absolute atomic E-state index is 11.5. The van der Waals surface area contributed by atoms with Crippen LogP contribution in [-0.4, -0.2) is 19.0 Å². The number of hydrogen-bond acceptors (Lipinski definition) is 2. The first-order valence-corrected chi connectivity index (χ1v) is 2.92. The van der Waals surface area contributed by atoms with Gasteiger partial charge in [-0.1, -0.05) is 11.6 Å². The molecule has 0 aromatic rings. The SMILES string of the molecule is CNC=C(Cl)C(=O)C(F)(F)F. The molecule has 0 heterocycles. The Morgan fingerprint density at radius 2 is 2.00 bits per heavy atom. The number of ketones is 1. The summed E-state index contributed by atoms with van der Waals surface area (Å²) in [6.07, 6.45) is -4.12. The third-order valence-corrected chi connectivity index (χ3v) is 1.03. The average Bonchev–Trinajstić information content (AvgIpc) is 1.85. The summed E-state index contributed by atoms with van der Waals surface area (Å²) in [4.78, 5) is 10.2. The number of hydrogen-bond donors (Lipinski definition) is 1. The molecule has 6 heteroatoms. The first-order chi connectivity index (χ1) is 4.89. The minimum absolute atomic E-state index is 0.775. The van der Waals surface area contributed by atoms with Crippen LogP contribution >= 0.6 is 11.6 Å². The van der Waals surface area contributed by atoms with E-state index in [1.807, 2.05) is 0 Å². The third kappa shape index (κ3) is 3.27. The van der Waals surface area contributed by atoms with E-state index in [0.717, 1.165) is 6.20 Å². The summed E-state index contributed by atoms with van der Waals surface area (Å²) in [5.41, 5.74) is 0. The average molecular weight is 188 g/mol. The van der Waals surface area contributed by atoms with E-state index < -0.39 is 17.0 Å². The molecule has 0 unspecified atom stereocenters. The predicted octanol–water partition coefficient (Wildman–Crippen LogP) is 1.42.